The first-order valence-electron chi connectivity index (χ1n) is 30.4. The van der Waals surface area contributed by atoms with E-state index >= 15 is 0 Å². The van der Waals surface area contributed by atoms with Gasteiger partial charge < -0.3 is 138 Å². The van der Waals surface area contributed by atoms with Crippen molar-refractivity contribution in [2.24, 2.45) is 23.7 Å². The van der Waals surface area contributed by atoms with Crippen LogP contribution in [0.2, 0.25) is 0 Å². The summed E-state index contributed by atoms with van der Waals surface area (Å²) in [6, 6.07) is 0. The van der Waals surface area contributed by atoms with Crippen molar-refractivity contribution in [3.8, 4) is 0 Å². The topological polar surface area (TPSA) is 481 Å². The maximum Gasteiger partial charge on any atom is 0.330 e. The third-order valence-corrected chi connectivity index (χ3v) is 18.8. The van der Waals surface area contributed by atoms with Crippen LogP contribution < -0.4 is 0 Å². The highest BCUT2D eigenvalue weighted by Crippen LogP contribution is 2.45. The Kier molecular flexibility index (Phi) is 26.2. The summed E-state index contributed by atoms with van der Waals surface area (Å²) >= 11 is 0. The van der Waals surface area contributed by atoms with E-state index in [9.17, 15) is 85.6 Å². The molecule has 8 rings (SSSR count). The van der Waals surface area contributed by atoms with Crippen LogP contribution in [0, 0.1) is 23.7 Å². The number of carboxylic acid groups (broad SMARTS) is 1. The van der Waals surface area contributed by atoms with Gasteiger partial charge in [0.15, 0.2) is 18.9 Å². The average Bonchev–Trinajstić information content (AvgIpc) is 1.06. The van der Waals surface area contributed by atoms with Gasteiger partial charge in [0.05, 0.1) is 67.1 Å². The monoisotopic (exact) mass is 1300 g/mol. The minimum atomic E-state index is -1.97. The lowest BCUT2D eigenvalue weighted by molar-refractivity contribution is -0.341. The SMILES string of the molecule is COC1CC(C=CC(=O)OCC2OC(OC3CC(O)C4CC(OC5OC(COC(=O)CC(=O)O)C(O)C(O)C5O)C(C5CCC(O)C(OC6OC(COC(=O)C=CC7CC(OC)C(O)C(OC)C7)C(O)C(O)C6O)C5)OC4C3)C(O)C(O)C2O)CC(OC)C1O. The molecule has 8 aliphatic rings. The third-order valence-electron chi connectivity index (χ3n) is 18.8. The van der Waals surface area contributed by atoms with Gasteiger partial charge >= 0.3 is 23.9 Å². The van der Waals surface area contributed by atoms with Gasteiger partial charge in [0.2, 0.25) is 0 Å². The van der Waals surface area contributed by atoms with E-state index in [1.807, 2.05) is 0 Å². The zero-order valence-electron chi connectivity index (χ0n) is 50.3. The molecule has 90 heavy (non-hydrogen) atoms. The summed E-state index contributed by atoms with van der Waals surface area (Å²) in [5.74, 6) is -6.34. The van der Waals surface area contributed by atoms with Crippen LogP contribution in [0.5, 0.6) is 0 Å². The van der Waals surface area contributed by atoms with E-state index in [-0.39, 0.29) is 50.4 Å². The Morgan fingerprint density at radius 3 is 1.28 bits per heavy atom. The van der Waals surface area contributed by atoms with Gasteiger partial charge in [-0.25, -0.2) is 9.59 Å². The second-order valence-electron chi connectivity index (χ2n) is 24.6. The zero-order valence-corrected chi connectivity index (χ0v) is 50.3. The van der Waals surface area contributed by atoms with Gasteiger partial charge in [-0.05, 0) is 69.1 Å². The molecule has 0 spiro atoms. The molecular formula is C58H90O32. The number of rotatable bonds is 23. The van der Waals surface area contributed by atoms with Gasteiger partial charge in [-0.1, -0.05) is 12.2 Å². The predicted molar refractivity (Wildman–Crippen MR) is 294 cm³/mol. The summed E-state index contributed by atoms with van der Waals surface area (Å²) < 4.78 is 80.6. The van der Waals surface area contributed by atoms with Crippen molar-refractivity contribution < 1.29 is 157 Å². The number of aliphatic hydroxyl groups excluding tert-OH is 13. The Morgan fingerprint density at radius 1 is 0.422 bits per heavy atom. The summed E-state index contributed by atoms with van der Waals surface area (Å²) in [6.07, 6.45) is -32.5. The van der Waals surface area contributed by atoms with Crippen molar-refractivity contribution in [3.63, 3.8) is 0 Å². The highest BCUT2D eigenvalue weighted by Gasteiger charge is 2.55. The van der Waals surface area contributed by atoms with Crippen molar-refractivity contribution in [2.45, 2.75) is 242 Å². The molecule has 4 aliphatic carbocycles. The number of fused-ring (bicyclic) bond motifs is 1. The maximum atomic E-state index is 12.9. The number of carboxylic acids is 1. The van der Waals surface area contributed by atoms with E-state index in [0.29, 0.717) is 25.7 Å². The van der Waals surface area contributed by atoms with Gasteiger partial charge in [0, 0.05) is 59.4 Å². The van der Waals surface area contributed by atoms with Crippen LogP contribution in [-0.2, 0) is 85.5 Å². The lowest BCUT2D eigenvalue weighted by Gasteiger charge is -2.52. The number of carbonyl (C=O) groups is 4. The number of esters is 3. The number of aliphatic hydroxyl groups is 13. The Labute approximate surface area is 517 Å². The second kappa shape index (κ2) is 32.7. The van der Waals surface area contributed by atoms with E-state index in [4.69, 9.17) is 71.4 Å². The fourth-order valence-electron chi connectivity index (χ4n) is 13.5. The van der Waals surface area contributed by atoms with Crippen molar-refractivity contribution in [1.82, 2.24) is 0 Å². The highest BCUT2D eigenvalue weighted by atomic mass is 16.7. The molecule has 4 aliphatic heterocycles. The van der Waals surface area contributed by atoms with Crippen molar-refractivity contribution in [2.75, 3.05) is 48.3 Å². The summed E-state index contributed by atoms with van der Waals surface area (Å²) in [4.78, 5) is 49.2. The number of hydrogen-bond acceptors (Lipinski definition) is 31. The third kappa shape index (κ3) is 17.6. The first kappa shape index (κ1) is 72.2. The van der Waals surface area contributed by atoms with E-state index in [0.717, 1.165) is 6.08 Å². The molecule has 0 radical (unpaired) electrons. The molecule has 0 aromatic rings. The number of aliphatic carboxylic acids is 1. The molecule has 0 amide bonds. The molecule has 14 N–H and O–H groups in total. The van der Waals surface area contributed by atoms with Crippen LogP contribution in [0.4, 0.5) is 0 Å². The smallest absolute Gasteiger partial charge is 0.330 e. The molecule has 0 bridgehead atoms. The highest BCUT2D eigenvalue weighted by molar-refractivity contribution is 5.90. The lowest BCUT2D eigenvalue weighted by atomic mass is 9.72. The fourth-order valence-corrected chi connectivity index (χ4v) is 13.5. The second-order valence-corrected chi connectivity index (χ2v) is 24.6. The number of allylic oxidation sites excluding steroid dienone is 2. The molecule has 0 aromatic carbocycles. The Hall–Kier alpha value is -3.60. The summed E-state index contributed by atoms with van der Waals surface area (Å²) in [7, 11) is 5.79. The minimum Gasteiger partial charge on any atom is -0.481 e. The largest absolute Gasteiger partial charge is 0.481 e. The fraction of sp³-hybridized carbons (Fsp3) is 0.862. The normalized spacial score (nSPS) is 46.1. The molecule has 32 nitrogen and oxygen atoms in total. The van der Waals surface area contributed by atoms with E-state index in [2.05, 4.69) is 0 Å². The molecule has 28 atom stereocenters. The molecule has 8 fully saturated rings. The van der Waals surface area contributed by atoms with Crippen molar-refractivity contribution >= 4 is 23.9 Å². The minimum absolute atomic E-state index is 0.00614. The number of hydrogen-bond donors (Lipinski definition) is 14. The quantitative estimate of drug-likeness (QED) is 0.0196. The van der Waals surface area contributed by atoms with Crippen LogP contribution in [0.3, 0.4) is 0 Å². The molecule has 0 aromatic heterocycles. The molecule has 4 saturated carbocycles. The summed E-state index contributed by atoms with van der Waals surface area (Å²) in [6.45, 7) is -2.00. The van der Waals surface area contributed by atoms with E-state index in [1.54, 1.807) is 12.2 Å². The first-order valence-corrected chi connectivity index (χ1v) is 30.4. The molecule has 4 heterocycles. The first-order chi connectivity index (χ1) is 42.8. The number of ether oxygens (including phenoxy) is 14. The zero-order chi connectivity index (χ0) is 65.4. The molecule has 514 valence electrons. The van der Waals surface area contributed by atoms with Crippen LogP contribution in [0.25, 0.3) is 0 Å². The van der Waals surface area contributed by atoms with Gasteiger partial charge in [-0.15, -0.1) is 0 Å². The van der Waals surface area contributed by atoms with Crippen LogP contribution in [-0.4, -0.2) is 315 Å². The molecule has 28 unspecified atom stereocenters. The molecular weight excluding hydrogens is 1210 g/mol. The van der Waals surface area contributed by atoms with Crippen molar-refractivity contribution in [1.29, 1.82) is 0 Å². The van der Waals surface area contributed by atoms with Gasteiger partial charge in [-0.2, -0.15) is 0 Å². The van der Waals surface area contributed by atoms with Crippen LogP contribution in [0.1, 0.15) is 70.6 Å². The van der Waals surface area contributed by atoms with Gasteiger partial charge in [0.25, 0.3) is 0 Å². The van der Waals surface area contributed by atoms with Crippen LogP contribution in [0.15, 0.2) is 24.3 Å². The maximum absolute atomic E-state index is 12.9. The Balaban J connectivity index is 0.947. The van der Waals surface area contributed by atoms with Crippen molar-refractivity contribution in [3.05, 3.63) is 24.3 Å². The summed E-state index contributed by atoms with van der Waals surface area (Å²) in [5.41, 5.74) is 0. The number of carbonyl (C=O) groups excluding carboxylic acids is 3. The molecule has 4 saturated heterocycles. The van der Waals surface area contributed by atoms with E-state index in [1.165, 1.54) is 34.5 Å². The van der Waals surface area contributed by atoms with Crippen LogP contribution >= 0.6 is 0 Å². The molecule has 32 heteroatoms. The van der Waals surface area contributed by atoms with E-state index < -0.39 is 233 Å². The predicted octanol–water partition coefficient (Wildman–Crippen LogP) is -5.53. The van der Waals surface area contributed by atoms with Gasteiger partial charge in [-0.3, -0.25) is 9.59 Å². The summed E-state index contributed by atoms with van der Waals surface area (Å²) in [5, 5.41) is 153. The average molecular weight is 1300 g/mol. The van der Waals surface area contributed by atoms with Gasteiger partial charge in [0.1, 0.15) is 112 Å². The Morgan fingerprint density at radius 2 is 0.844 bits per heavy atom. The lowest BCUT2D eigenvalue weighted by Crippen LogP contribution is -2.63. The Bertz CT molecular complexity index is 2340. The standard InChI is InChI=1S/C58H90O32/c1-77-32-11-23(12-33(78-2)44(32)66)5-9-41(63)81-20-37-46(68)49(71)52(74)56(88-37)84-26-16-29(60)27-18-36(87-58-54(76)51(73)48(70)39(90-58)22-83-43(65)19-40(61)62)55(85-30(27)17-26)25-7-8-28(59)31(15-25)86-57-53(75)50(72)47(69)38(89-57)21-82-42(64)10-6-24-13-34(79-3)45(67)35(14-24)80-4/h5-6,9-10,23-39,44-60,66-76H,7-8,11-22H2,1-4H3,(H,61,62). The number of methoxy groups -OCH3 is 4.